The average molecular weight is 365 g/mol. The SMILES string of the molecule is Cc1[nH]ncc1C(=O)N1CCC[C@H](c2nccnc2-c2ccccc2F)C1. The van der Waals surface area contributed by atoms with E-state index in [1.54, 1.807) is 36.8 Å². The highest BCUT2D eigenvalue weighted by Crippen LogP contribution is 2.33. The molecule has 6 nitrogen and oxygen atoms in total. The van der Waals surface area contributed by atoms with Gasteiger partial charge < -0.3 is 4.90 Å². The molecule has 3 heterocycles. The molecule has 0 bridgehead atoms. The van der Waals surface area contributed by atoms with Crippen molar-refractivity contribution >= 4 is 5.91 Å². The number of nitrogens with zero attached hydrogens (tertiary/aromatic N) is 4. The number of aryl methyl sites for hydroxylation is 1. The number of aromatic nitrogens is 4. The Morgan fingerprint density at radius 2 is 2.07 bits per heavy atom. The smallest absolute Gasteiger partial charge is 0.257 e. The Bertz CT molecular complexity index is 970. The number of hydrogen-bond donors (Lipinski definition) is 1. The van der Waals surface area contributed by atoms with Gasteiger partial charge in [0.15, 0.2) is 0 Å². The summed E-state index contributed by atoms with van der Waals surface area (Å²) in [6, 6.07) is 6.58. The van der Waals surface area contributed by atoms with E-state index in [2.05, 4.69) is 20.2 Å². The van der Waals surface area contributed by atoms with Gasteiger partial charge in [0.1, 0.15) is 5.82 Å². The van der Waals surface area contributed by atoms with Crippen LogP contribution in [0.15, 0.2) is 42.9 Å². The highest BCUT2D eigenvalue weighted by molar-refractivity contribution is 5.95. The quantitative estimate of drug-likeness (QED) is 0.772. The Hall–Kier alpha value is -3.09. The number of likely N-dealkylation sites (tertiary alicyclic amines) is 1. The second-order valence-electron chi connectivity index (χ2n) is 6.77. The third kappa shape index (κ3) is 3.32. The molecule has 0 spiro atoms. The van der Waals surface area contributed by atoms with Gasteiger partial charge in [-0.1, -0.05) is 12.1 Å². The average Bonchev–Trinajstić information content (AvgIpc) is 3.14. The first-order valence-corrected chi connectivity index (χ1v) is 9.00. The minimum atomic E-state index is -0.322. The van der Waals surface area contributed by atoms with Crippen LogP contribution >= 0.6 is 0 Å². The Balaban J connectivity index is 1.64. The number of aromatic amines is 1. The maximum atomic E-state index is 14.3. The van der Waals surface area contributed by atoms with Crippen LogP contribution in [0, 0.1) is 12.7 Å². The summed E-state index contributed by atoms with van der Waals surface area (Å²) in [6.07, 6.45) is 6.51. The maximum absolute atomic E-state index is 14.3. The molecule has 1 aromatic carbocycles. The fourth-order valence-electron chi connectivity index (χ4n) is 3.63. The maximum Gasteiger partial charge on any atom is 0.257 e. The fraction of sp³-hybridized carbons (Fsp3) is 0.300. The molecule has 1 aliphatic rings. The zero-order chi connectivity index (χ0) is 18.8. The van der Waals surface area contributed by atoms with Gasteiger partial charge in [0.05, 0.1) is 23.1 Å². The van der Waals surface area contributed by atoms with E-state index >= 15 is 0 Å². The zero-order valence-corrected chi connectivity index (χ0v) is 15.0. The van der Waals surface area contributed by atoms with Crippen molar-refractivity contribution in [1.29, 1.82) is 0 Å². The van der Waals surface area contributed by atoms with E-state index < -0.39 is 0 Å². The molecule has 3 aromatic rings. The number of piperidine rings is 1. The van der Waals surface area contributed by atoms with Crippen LogP contribution in [0.2, 0.25) is 0 Å². The number of benzene rings is 1. The number of amides is 1. The Morgan fingerprint density at radius 3 is 2.85 bits per heavy atom. The van der Waals surface area contributed by atoms with Crippen molar-refractivity contribution < 1.29 is 9.18 Å². The van der Waals surface area contributed by atoms with Crippen LogP contribution in [-0.4, -0.2) is 44.1 Å². The van der Waals surface area contributed by atoms with Gasteiger partial charge in [0.25, 0.3) is 5.91 Å². The number of H-pyrrole nitrogens is 1. The molecule has 138 valence electrons. The topological polar surface area (TPSA) is 74.8 Å². The van der Waals surface area contributed by atoms with E-state index in [9.17, 15) is 9.18 Å². The number of carbonyl (C=O) groups is 1. The van der Waals surface area contributed by atoms with Crippen LogP contribution in [0.3, 0.4) is 0 Å². The van der Waals surface area contributed by atoms with Gasteiger partial charge >= 0.3 is 0 Å². The van der Waals surface area contributed by atoms with Crippen molar-refractivity contribution in [3.05, 3.63) is 65.6 Å². The van der Waals surface area contributed by atoms with Crippen LogP contribution in [0.25, 0.3) is 11.3 Å². The second kappa shape index (κ2) is 7.26. The zero-order valence-electron chi connectivity index (χ0n) is 15.0. The number of halogens is 1. The molecule has 4 rings (SSSR count). The summed E-state index contributed by atoms with van der Waals surface area (Å²) in [5, 5.41) is 6.75. The molecule has 1 amide bonds. The van der Waals surface area contributed by atoms with E-state index in [0.717, 1.165) is 24.2 Å². The molecule has 1 aliphatic heterocycles. The molecule has 27 heavy (non-hydrogen) atoms. The Morgan fingerprint density at radius 1 is 1.26 bits per heavy atom. The largest absolute Gasteiger partial charge is 0.338 e. The summed E-state index contributed by atoms with van der Waals surface area (Å²) in [6.45, 7) is 3.06. The van der Waals surface area contributed by atoms with Crippen molar-refractivity contribution in [2.45, 2.75) is 25.7 Å². The van der Waals surface area contributed by atoms with E-state index in [1.807, 2.05) is 11.8 Å². The van der Waals surface area contributed by atoms with E-state index in [1.165, 1.54) is 6.07 Å². The lowest BCUT2D eigenvalue weighted by Crippen LogP contribution is -2.39. The molecule has 1 fully saturated rings. The van der Waals surface area contributed by atoms with Gasteiger partial charge in [-0.25, -0.2) is 4.39 Å². The number of hydrogen-bond acceptors (Lipinski definition) is 4. The number of nitrogens with one attached hydrogen (secondary N) is 1. The molecule has 1 N–H and O–H groups in total. The first-order chi connectivity index (χ1) is 13.1. The van der Waals surface area contributed by atoms with Crippen molar-refractivity contribution in [1.82, 2.24) is 25.1 Å². The minimum absolute atomic E-state index is 0.0122. The molecular weight excluding hydrogens is 345 g/mol. The third-order valence-electron chi connectivity index (χ3n) is 5.01. The van der Waals surface area contributed by atoms with Gasteiger partial charge in [-0.05, 0) is 31.9 Å². The lowest BCUT2D eigenvalue weighted by Gasteiger charge is -2.33. The van der Waals surface area contributed by atoms with Crippen LogP contribution in [-0.2, 0) is 0 Å². The number of rotatable bonds is 3. The van der Waals surface area contributed by atoms with Crippen LogP contribution in [0.5, 0.6) is 0 Å². The van der Waals surface area contributed by atoms with E-state index in [0.29, 0.717) is 29.9 Å². The van der Waals surface area contributed by atoms with Crippen molar-refractivity contribution in [2.75, 3.05) is 13.1 Å². The summed E-state index contributed by atoms with van der Waals surface area (Å²) in [5.41, 5.74) is 3.07. The first-order valence-electron chi connectivity index (χ1n) is 9.00. The summed E-state index contributed by atoms with van der Waals surface area (Å²) in [5.74, 6) is -0.350. The molecule has 1 saturated heterocycles. The summed E-state index contributed by atoms with van der Waals surface area (Å²) in [7, 11) is 0. The summed E-state index contributed by atoms with van der Waals surface area (Å²) in [4.78, 5) is 23.6. The van der Waals surface area contributed by atoms with E-state index in [4.69, 9.17) is 0 Å². The highest BCUT2D eigenvalue weighted by atomic mass is 19.1. The lowest BCUT2D eigenvalue weighted by atomic mass is 9.91. The monoisotopic (exact) mass is 365 g/mol. The van der Waals surface area contributed by atoms with Crippen molar-refractivity contribution in [3.8, 4) is 11.3 Å². The molecule has 0 saturated carbocycles. The first kappa shape index (κ1) is 17.3. The normalized spacial score (nSPS) is 17.1. The molecule has 2 aromatic heterocycles. The van der Waals surface area contributed by atoms with Gasteiger partial charge in [-0.2, -0.15) is 5.10 Å². The van der Waals surface area contributed by atoms with E-state index in [-0.39, 0.29) is 17.6 Å². The second-order valence-corrected chi connectivity index (χ2v) is 6.77. The van der Waals surface area contributed by atoms with Gasteiger partial charge in [-0.15, -0.1) is 0 Å². The molecule has 1 atom stereocenters. The predicted octanol–water partition coefficient (Wildman–Crippen LogP) is 3.33. The van der Waals surface area contributed by atoms with Gasteiger partial charge in [0, 0.05) is 42.7 Å². The molecule has 7 heteroatoms. The van der Waals surface area contributed by atoms with Crippen LogP contribution in [0.4, 0.5) is 4.39 Å². The highest BCUT2D eigenvalue weighted by Gasteiger charge is 2.29. The Labute approximate surface area is 156 Å². The van der Waals surface area contributed by atoms with Crippen LogP contribution in [0.1, 0.15) is 40.5 Å². The molecule has 0 unspecified atom stereocenters. The lowest BCUT2D eigenvalue weighted by molar-refractivity contribution is 0.0705. The summed E-state index contributed by atoms with van der Waals surface area (Å²) >= 11 is 0. The minimum Gasteiger partial charge on any atom is -0.338 e. The van der Waals surface area contributed by atoms with Crippen LogP contribution < -0.4 is 0 Å². The Kier molecular flexibility index (Phi) is 4.66. The fourth-order valence-corrected chi connectivity index (χ4v) is 3.63. The molecule has 0 radical (unpaired) electrons. The van der Waals surface area contributed by atoms with Gasteiger partial charge in [-0.3, -0.25) is 19.9 Å². The standard InChI is InChI=1S/C20H20FN5O/c1-13-16(11-24-25-13)20(27)26-10-4-5-14(12-26)18-19(23-9-8-22-18)15-6-2-3-7-17(15)21/h2-3,6-9,11,14H,4-5,10,12H2,1H3,(H,24,25)/t14-/m0/s1. The molecule has 0 aliphatic carbocycles. The van der Waals surface area contributed by atoms with Crippen molar-refractivity contribution in [2.24, 2.45) is 0 Å². The summed E-state index contributed by atoms with van der Waals surface area (Å²) < 4.78 is 14.3. The van der Waals surface area contributed by atoms with Gasteiger partial charge in [0.2, 0.25) is 0 Å². The third-order valence-corrected chi connectivity index (χ3v) is 5.01. The number of carbonyl (C=O) groups excluding carboxylic acids is 1. The predicted molar refractivity (Wildman–Crippen MR) is 98.6 cm³/mol. The van der Waals surface area contributed by atoms with Crippen molar-refractivity contribution in [3.63, 3.8) is 0 Å². The molecular formula is C20H20FN5O.